The van der Waals surface area contributed by atoms with Crippen molar-refractivity contribution in [3.63, 3.8) is 0 Å². The fourth-order valence-electron chi connectivity index (χ4n) is 4.73. The van der Waals surface area contributed by atoms with E-state index in [1.54, 1.807) is 39.8 Å². The van der Waals surface area contributed by atoms with Gasteiger partial charge in [0.05, 0.1) is 54.7 Å². The van der Waals surface area contributed by atoms with Crippen LogP contribution in [-0.4, -0.2) is 87.8 Å². The first-order valence-corrected chi connectivity index (χ1v) is 12.0. The lowest BCUT2D eigenvalue weighted by Crippen LogP contribution is -2.49. The number of aliphatic hydroxyl groups is 2. The van der Waals surface area contributed by atoms with Crippen LogP contribution in [0.1, 0.15) is 41.7 Å². The first-order valence-electron chi connectivity index (χ1n) is 12.0. The van der Waals surface area contributed by atoms with E-state index in [-0.39, 0.29) is 23.2 Å². The molecule has 4 aromatic heterocycles. The van der Waals surface area contributed by atoms with E-state index in [0.717, 1.165) is 16.8 Å². The molecule has 0 bridgehead atoms. The molecule has 4 aromatic rings. The molecular weight excluding hydrogens is 478 g/mol. The van der Waals surface area contributed by atoms with Gasteiger partial charge >= 0.3 is 0 Å². The predicted molar refractivity (Wildman–Crippen MR) is 133 cm³/mol. The fraction of sp³-hybridized carbons (Fsp3) is 0.417. The fourth-order valence-corrected chi connectivity index (χ4v) is 4.73. The number of nitrogens with zero attached hydrogens (tertiary/aromatic N) is 8. The maximum Gasteiger partial charge on any atom is 0.233 e. The van der Waals surface area contributed by atoms with Crippen molar-refractivity contribution in [2.45, 2.75) is 25.7 Å². The summed E-state index contributed by atoms with van der Waals surface area (Å²) in [6.45, 7) is 1.49. The Labute approximate surface area is 212 Å². The Morgan fingerprint density at radius 1 is 1.14 bits per heavy atom. The Kier molecular flexibility index (Phi) is 6.25. The third-order valence-electron chi connectivity index (χ3n) is 7.10. The molecule has 13 nitrogen and oxygen atoms in total. The van der Waals surface area contributed by atoms with E-state index in [4.69, 9.17) is 10.7 Å². The summed E-state index contributed by atoms with van der Waals surface area (Å²) in [5.41, 5.74) is 8.82. The number of nitrogens with two attached hydrogens (primary N) is 1. The van der Waals surface area contributed by atoms with E-state index < -0.39 is 18.6 Å². The Morgan fingerprint density at radius 3 is 2.49 bits per heavy atom. The molecule has 0 saturated carbocycles. The van der Waals surface area contributed by atoms with Crippen LogP contribution in [0.4, 0.5) is 5.82 Å². The monoisotopic (exact) mass is 507 g/mol. The SMILES string of the molecule is Cn1cc(-n2cc(-c3cnn4c(N)c(C=O)c(C5CCN(C(=O)C(C)(CO)CO)CC5)nc34)cn2)cn1. The number of anilines is 1. The molecule has 0 radical (unpaired) electrons. The molecule has 1 saturated heterocycles. The van der Waals surface area contributed by atoms with Crippen LogP contribution in [0.2, 0.25) is 0 Å². The maximum absolute atomic E-state index is 12.8. The number of aliphatic hydroxyl groups excluding tert-OH is 2. The van der Waals surface area contributed by atoms with E-state index >= 15 is 0 Å². The molecule has 1 amide bonds. The molecule has 0 aromatic carbocycles. The Hall–Kier alpha value is -4.10. The van der Waals surface area contributed by atoms with Crippen molar-refractivity contribution in [2.75, 3.05) is 32.0 Å². The third-order valence-corrected chi connectivity index (χ3v) is 7.10. The van der Waals surface area contributed by atoms with Crippen LogP contribution in [0, 0.1) is 5.41 Å². The number of hydrogen-bond acceptors (Lipinski definition) is 9. The smallest absolute Gasteiger partial charge is 0.233 e. The molecule has 0 spiro atoms. The summed E-state index contributed by atoms with van der Waals surface area (Å²) in [4.78, 5) is 31.4. The second-order valence-corrected chi connectivity index (χ2v) is 9.70. The molecular formula is C24H29N9O4. The number of nitrogen functional groups attached to an aromatic ring is 1. The Balaban J connectivity index is 1.46. The van der Waals surface area contributed by atoms with Crippen molar-refractivity contribution >= 4 is 23.7 Å². The van der Waals surface area contributed by atoms with Gasteiger partial charge < -0.3 is 20.8 Å². The maximum atomic E-state index is 12.8. The molecule has 1 aliphatic rings. The van der Waals surface area contributed by atoms with Crippen LogP contribution in [0.5, 0.6) is 0 Å². The number of aromatic nitrogens is 7. The van der Waals surface area contributed by atoms with Crippen molar-refractivity contribution in [1.29, 1.82) is 0 Å². The van der Waals surface area contributed by atoms with Crippen molar-refractivity contribution < 1.29 is 19.8 Å². The average Bonchev–Trinajstić information content (AvgIpc) is 3.67. The van der Waals surface area contributed by atoms with Crippen molar-refractivity contribution in [3.8, 4) is 16.8 Å². The number of amides is 1. The van der Waals surface area contributed by atoms with E-state index in [0.29, 0.717) is 43.6 Å². The minimum absolute atomic E-state index is 0.105. The molecule has 1 aliphatic heterocycles. The molecule has 0 atom stereocenters. The number of aldehydes is 1. The summed E-state index contributed by atoms with van der Waals surface area (Å²) >= 11 is 0. The van der Waals surface area contributed by atoms with Gasteiger partial charge in [0.15, 0.2) is 11.9 Å². The van der Waals surface area contributed by atoms with Crippen LogP contribution < -0.4 is 5.73 Å². The molecule has 4 N–H and O–H groups in total. The Morgan fingerprint density at radius 2 is 1.86 bits per heavy atom. The highest BCUT2D eigenvalue weighted by Gasteiger charge is 2.38. The highest BCUT2D eigenvalue weighted by molar-refractivity contribution is 5.87. The normalized spacial score (nSPS) is 15.0. The van der Waals surface area contributed by atoms with Gasteiger partial charge in [-0.2, -0.15) is 19.8 Å². The summed E-state index contributed by atoms with van der Waals surface area (Å²) in [7, 11) is 1.83. The van der Waals surface area contributed by atoms with E-state index in [9.17, 15) is 19.8 Å². The van der Waals surface area contributed by atoms with Gasteiger partial charge in [0.2, 0.25) is 5.91 Å². The second-order valence-electron chi connectivity index (χ2n) is 9.70. The number of piperidine rings is 1. The lowest BCUT2D eigenvalue weighted by atomic mass is 9.87. The molecule has 37 heavy (non-hydrogen) atoms. The molecule has 0 aliphatic carbocycles. The number of hydrogen-bond donors (Lipinski definition) is 3. The van der Waals surface area contributed by atoms with E-state index in [2.05, 4.69) is 15.3 Å². The van der Waals surface area contributed by atoms with Gasteiger partial charge in [0.1, 0.15) is 11.5 Å². The predicted octanol–water partition coefficient (Wildman–Crippen LogP) is 0.407. The van der Waals surface area contributed by atoms with Gasteiger partial charge in [0, 0.05) is 43.4 Å². The van der Waals surface area contributed by atoms with E-state index in [1.807, 2.05) is 19.4 Å². The summed E-state index contributed by atoms with van der Waals surface area (Å²) in [6, 6.07) is 0. The number of rotatable bonds is 7. The first-order chi connectivity index (χ1) is 17.8. The van der Waals surface area contributed by atoms with Gasteiger partial charge in [-0.05, 0) is 19.8 Å². The molecule has 13 heteroatoms. The van der Waals surface area contributed by atoms with Crippen LogP contribution in [0.3, 0.4) is 0 Å². The zero-order valence-corrected chi connectivity index (χ0v) is 20.7. The number of aryl methyl sites for hydroxylation is 1. The minimum Gasteiger partial charge on any atom is -0.395 e. The third kappa shape index (κ3) is 4.15. The summed E-state index contributed by atoms with van der Waals surface area (Å²) in [5, 5.41) is 32.2. The largest absolute Gasteiger partial charge is 0.395 e. The molecule has 1 fully saturated rings. The number of likely N-dealkylation sites (tertiary alicyclic amines) is 1. The van der Waals surface area contributed by atoms with Crippen molar-refractivity contribution in [2.24, 2.45) is 12.5 Å². The zero-order valence-electron chi connectivity index (χ0n) is 20.7. The van der Waals surface area contributed by atoms with Gasteiger partial charge in [-0.15, -0.1) is 0 Å². The Bertz CT molecular complexity index is 1460. The quantitative estimate of drug-likeness (QED) is 0.300. The number of fused-ring (bicyclic) bond motifs is 1. The molecule has 0 unspecified atom stereocenters. The first kappa shape index (κ1) is 24.6. The second kappa shape index (κ2) is 9.41. The highest BCUT2D eigenvalue weighted by Crippen LogP contribution is 2.34. The minimum atomic E-state index is -1.23. The van der Waals surface area contributed by atoms with Crippen LogP contribution in [-0.2, 0) is 11.8 Å². The van der Waals surface area contributed by atoms with Gasteiger partial charge in [-0.25, -0.2) is 9.67 Å². The van der Waals surface area contributed by atoms with Gasteiger partial charge in [0.25, 0.3) is 0 Å². The number of carbonyl (C=O) groups is 2. The standard InChI is InChI=1S/C24H29N9O4/c1-24(13-35,14-36)23(37)31-5-3-15(4-6-31)20-19(12-34)21(25)33-22(29-20)18(9-28-33)16-7-27-32(10-16)17-8-26-30(2)11-17/h7-12,15,35-36H,3-6,13-14,25H2,1-2H3. The van der Waals surface area contributed by atoms with Crippen molar-refractivity contribution in [3.05, 3.63) is 42.2 Å². The average molecular weight is 508 g/mol. The van der Waals surface area contributed by atoms with Crippen LogP contribution >= 0.6 is 0 Å². The summed E-state index contributed by atoms with van der Waals surface area (Å²) in [6.07, 6.45) is 10.6. The zero-order chi connectivity index (χ0) is 26.3. The topological polar surface area (TPSA) is 170 Å². The molecule has 5 heterocycles. The van der Waals surface area contributed by atoms with Gasteiger partial charge in [-0.1, -0.05) is 0 Å². The van der Waals surface area contributed by atoms with Crippen molar-refractivity contribution in [1.82, 2.24) is 39.1 Å². The summed E-state index contributed by atoms with van der Waals surface area (Å²) < 4.78 is 4.85. The summed E-state index contributed by atoms with van der Waals surface area (Å²) in [5.74, 6) is -0.197. The lowest BCUT2D eigenvalue weighted by molar-refractivity contribution is -0.147. The van der Waals surface area contributed by atoms with E-state index in [1.165, 1.54) is 4.52 Å². The molecule has 194 valence electrons. The number of carbonyl (C=O) groups excluding carboxylic acids is 2. The van der Waals surface area contributed by atoms with Gasteiger partial charge in [-0.3, -0.25) is 14.3 Å². The highest BCUT2D eigenvalue weighted by atomic mass is 16.3. The van der Waals surface area contributed by atoms with Crippen LogP contribution in [0.25, 0.3) is 22.5 Å². The van der Waals surface area contributed by atoms with Crippen LogP contribution in [0.15, 0.2) is 31.0 Å². The molecule has 5 rings (SSSR count). The lowest BCUT2D eigenvalue weighted by Gasteiger charge is -2.37.